The first-order valence-electron chi connectivity index (χ1n) is 9.73. The van der Waals surface area contributed by atoms with E-state index in [9.17, 15) is 4.79 Å². The summed E-state index contributed by atoms with van der Waals surface area (Å²) in [6.45, 7) is 7.61. The Bertz CT molecular complexity index is 1030. The average molecular weight is 428 g/mol. The Morgan fingerprint density at radius 1 is 1.32 bits per heavy atom. The van der Waals surface area contributed by atoms with Crippen LogP contribution in [0.5, 0.6) is 5.88 Å². The van der Waals surface area contributed by atoms with E-state index in [1.54, 1.807) is 16.7 Å². The molecule has 0 bridgehead atoms. The highest BCUT2D eigenvalue weighted by molar-refractivity contribution is 6.03. The molecule has 12 heteroatoms. The van der Waals surface area contributed by atoms with Crippen molar-refractivity contribution in [2.75, 3.05) is 43.0 Å². The van der Waals surface area contributed by atoms with E-state index in [0.29, 0.717) is 29.6 Å². The molecule has 0 saturated carbocycles. The highest BCUT2D eigenvalue weighted by Crippen LogP contribution is 2.20. The maximum atomic E-state index is 12.6. The molecular weight excluding hydrogens is 404 g/mol. The molecule has 0 spiro atoms. The molecule has 164 valence electrons. The van der Waals surface area contributed by atoms with E-state index in [1.165, 1.54) is 6.20 Å². The molecule has 1 fully saturated rings. The predicted octanol–water partition coefficient (Wildman–Crippen LogP) is 0.589. The van der Waals surface area contributed by atoms with Crippen LogP contribution in [0.25, 0.3) is 5.78 Å². The van der Waals surface area contributed by atoms with Crippen LogP contribution in [-0.4, -0.2) is 74.8 Å². The molecule has 0 atom stereocenters. The van der Waals surface area contributed by atoms with Gasteiger partial charge in [0.2, 0.25) is 11.7 Å². The molecule has 12 nitrogen and oxygen atoms in total. The number of aromatic nitrogens is 5. The van der Waals surface area contributed by atoms with Crippen molar-refractivity contribution in [2.45, 2.75) is 13.8 Å². The molecule has 0 aromatic carbocycles. The first-order chi connectivity index (χ1) is 15.1. The van der Waals surface area contributed by atoms with Gasteiger partial charge in [0.05, 0.1) is 12.2 Å². The summed E-state index contributed by atoms with van der Waals surface area (Å²) in [6.07, 6.45) is 3.14. The van der Waals surface area contributed by atoms with Crippen LogP contribution in [-0.2, 0) is 4.79 Å². The Morgan fingerprint density at radius 2 is 2.06 bits per heavy atom. The number of ether oxygens (including phenoxy) is 1. The first kappa shape index (κ1) is 21.9. The highest BCUT2D eigenvalue weighted by Gasteiger charge is 2.16. The van der Waals surface area contributed by atoms with Crippen molar-refractivity contribution in [3.63, 3.8) is 0 Å². The summed E-state index contributed by atoms with van der Waals surface area (Å²) in [4.78, 5) is 31.7. The maximum absolute atomic E-state index is 12.6. The van der Waals surface area contributed by atoms with Gasteiger partial charge in [-0.2, -0.15) is 0 Å². The largest absolute Gasteiger partial charge is 0.483 e. The summed E-state index contributed by atoms with van der Waals surface area (Å²) in [7, 11) is 0. The van der Waals surface area contributed by atoms with Crippen molar-refractivity contribution >= 4 is 29.8 Å². The fourth-order valence-electron chi connectivity index (χ4n) is 3.09. The van der Waals surface area contributed by atoms with Gasteiger partial charge in [-0.3, -0.25) is 14.0 Å². The number of carboxylic acid groups (broad SMARTS) is 1. The minimum atomic E-state index is -0.326. The number of aryl methyl sites for hydroxylation is 1. The molecule has 31 heavy (non-hydrogen) atoms. The van der Waals surface area contributed by atoms with E-state index in [0.717, 1.165) is 37.7 Å². The lowest BCUT2D eigenvalue weighted by Gasteiger charge is -2.27. The van der Waals surface area contributed by atoms with Crippen LogP contribution in [0.3, 0.4) is 0 Å². The summed E-state index contributed by atoms with van der Waals surface area (Å²) in [5.74, 6) is 1.93. The first-order valence-corrected chi connectivity index (χ1v) is 9.73. The van der Waals surface area contributed by atoms with Crippen LogP contribution in [0.1, 0.15) is 23.0 Å². The smallest absolute Gasteiger partial charge is 0.290 e. The van der Waals surface area contributed by atoms with Crippen molar-refractivity contribution in [1.29, 1.82) is 0 Å². The van der Waals surface area contributed by atoms with Crippen LogP contribution in [0.15, 0.2) is 24.5 Å². The average Bonchev–Trinajstić information content (AvgIpc) is 3.10. The van der Waals surface area contributed by atoms with Crippen LogP contribution in [0, 0.1) is 6.92 Å². The summed E-state index contributed by atoms with van der Waals surface area (Å²) in [6, 6.07) is 3.61. The van der Waals surface area contributed by atoms with Gasteiger partial charge in [-0.15, -0.1) is 10.2 Å². The van der Waals surface area contributed by atoms with E-state index in [2.05, 4.69) is 35.7 Å². The second-order valence-corrected chi connectivity index (χ2v) is 6.52. The van der Waals surface area contributed by atoms with Gasteiger partial charge >= 0.3 is 0 Å². The number of imidazole rings is 1. The van der Waals surface area contributed by atoms with Crippen molar-refractivity contribution in [1.82, 2.24) is 29.9 Å². The van der Waals surface area contributed by atoms with Gasteiger partial charge in [0, 0.05) is 38.6 Å². The van der Waals surface area contributed by atoms with Crippen molar-refractivity contribution in [3.8, 4) is 5.88 Å². The molecule has 1 aliphatic rings. The van der Waals surface area contributed by atoms with Crippen molar-refractivity contribution in [2.24, 2.45) is 0 Å². The number of hydrogen-bond acceptors (Lipinski definition) is 9. The summed E-state index contributed by atoms with van der Waals surface area (Å²) < 4.78 is 7.28. The van der Waals surface area contributed by atoms with E-state index in [-0.39, 0.29) is 12.4 Å². The minimum Gasteiger partial charge on any atom is -0.483 e. The van der Waals surface area contributed by atoms with Gasteiger partial charge < -0.3 is 25.4 Å². The molecule has 0 radical (unpaired) electrons. The molecule has 1 amide bonds. The number of fused-ring (bicyclic) bond motifs is 1. The molecule has 3 N–H and O–H groups in total. The highest BCUT2D eigenvalue weighted by atomic mass is 16.5. The third-order valence-corrected chi connectivity index (χ3v) is 4.48. The number of carbonyl (C=O) groups is 2. The molecule has 0 aliphatic carbocycles. The Labute approximate surface area is 178 Å². The molecule has 4 heterocycles. The van der Waals surface area contributed by atoms with Crippen LogP contribution >= 0.6 is 0 Å². The molecule has 0 unspecified atom stereocenters. The molecule has 1 saturated heterocycles. The van der Waals surface area contributed by atoms with Gasteiger partial charge in [0.1, 0.15) is 5.69 Å². The van der Waals surface area contributed by atoms with Crippen LogP contribution in [0.4, 0.5) is 11.6 Å². The summed E-state index contributed by atoms with van der Waals surface area (Å²) >= 11 is 0. The lowest BCUT2D eigenvalue weighted by atomic mass is 10.3. The fourth-order valence-corrected chi connectivity index (χ4v) is 3.09. The SMILES string of the molecule is CCOc1c(C)nc2ncc(C(=O)Nc3ccc(N4CCNCC4)nn3)cn12.O=CO. The summed E-state index contributed by atoms with van der Waals surface area (Å²) in [5, 5.41) is 21.3. The predicted molar refractivity (Wildman–Crippen MR) is 113 cm³/mol. The fraction of sp³-hybridized carbons (Fsp3) is 0.368. The lowest BCUT2D eigenvalue weighted by molar-refractivity contribution is -0.122. The second kappa shape index (κ2) is 10.3. The molecule has 1 aliphatic heterocycles. The Balaban J connectivity index is 0.000000858. The quantitative estimate of drug-likeness (QED) is 0.493. The topological polar surface area (TPSA) is 147 Å². The Morgan fingerprint density at radius 3 is 2.71 bits per heavy atom. The standard InChI is InChI=1S/C18H22N8O2.CH2O2/c1-3-28-17-12(2)21-18-20-10-13(11-26(17)18)16(27)22-14-4-5-15(24-23-14)25-8-6-19-7-9-25;2-1-3/h4-5,10-11,19H,3,6-9H2,1-2H3,(H,22,23,27);1H,(H,2,3). The van der Waals surface area contributed by atoms with Crippen molar-refractivity contribution in [3.05, 3.63) is 35.8 Å². The zero-order valence-corrected chi connectivity index (χ0v) is 17.3. The third-order valence-electron chi connectivity index (χ3n) is 4.48. The zero-order valence-electron chi connectivity index (χ0n) is 17.3. The zero-order chi connectivity index (χ0) is 22.2. The Kier molecular flexibility index (Phi) is 7.27. The number of anilines is 2. The van der Waals surface area contributed by atoms with E-state index in [1.807, 2.05) is 19.9 Å². The number of nitrogens with one attached hydrogen (secondary N) is 2. The number of piperazine rings is 1. The van der Waals surface area contributed by atoms with E-state index in [4.69, 9.17) is 14.6 Å². The molecule has 4 rings (SSSR count). The molecule has 3 aromatic heterocycles. The van der Waals surface area contributed by atoms with Crippen LogP contribution < -0.4 is 20.3 Å². The van der Waals surface area contributed by atoms with Gasteiger partial charge in [0.25, 0.3) is 12.4 Å². The second-order valence-electron chi connectivity index (χ2n) is 6.52. The Hall–Kier alpha value is -3.80. The normalized spacial score (nSPS) is 13.3. The number of carbonyl (C=O) groups excluding carboxylic acids is 1. The third kappa shape index (κ3) is 5.22. The molecular formula is C19H24N8O4. The molecule has 3 aromatic rings. The number of amides is 1. The monoisotopic (exact) mass is 428 g/mol. The number of rotatable bonds is 5. The summed E-state index contributed by atoms with van der Waals surface area (Å²) in [5.41, 5.74) is 1.10. The number of hydrogen-bond donors (Lipinski definition) is 3. The number of nitrogens with zero attached hydrogens (tertiary/aromatic N) is 6. The van der Waals surface area contributed by atoms with Gasteiger partial charge in [-0.25, -0.2) is 9.97 Å². The van der Waals surface area contributed by atoms with Crippen molar-refractivity contribution < 1.29 is 19.4 Å². The lowest BCUT2D eigenvalue weighted by Crippen LogP contribution is -2.43. The van der Waals surface area contributed by atoms with E-state index >= 15 is 0 Å². The van der Waals surface area contributed by atoms with Crippen LogP contribution in [0.2, 0.25) is 0 Å². The maximum Gasteiger partial charge on any atom is 0.290 e. The van der Waals surface area contributed by atoms with Gasteiger partial charge in [-0.1, -0.05) is 0 Å². The van der Waals surface area contributed by atoms with E-state index < -0.39 is 0 Å². The minimum absolute atomic E-state index is 0.250. The van der Waals surface area contributed by atoms with Gasteiger partial charge in [-0.05, 0) is 26.0 Å². The van der Waals surface area contributed by atoms with Gasteiger partial charge in [0.15, 0.2) is 11.6 Å².